The summed E-state index contributed by atoms with van der Waals surface area (Å²) in [4.78, 5) is 13.0. The molecule has 1 N–H and O–H groups in total. The van der Waals surface area contributed by atoms with Gasteiger partial charge >= 0.3 is 0 Å². The van der Waals surface area contributed by atoms with E-state index in [-0.39, 0.29) is 11.7 Å². The normalized spacial score (nSPS) is 11.2. The van der Waals surface area contributed by atoms with Gasteiger partial charge in [-0.1, -0.05) is 34.8 Å². The van der Waals surface area contributed by atoms with Gasteiger partial charge in [0.1, 0.15) is 0 Å². The number of rotatable bonds is 6. The maximum Gasteiger partial charge on any atom is 0.250 e. The molecule has 0 aliphatic heterocycles. The van der Waals surface area contributed by atoms with Crippen molar-refractivity contribution in [2.75, 3.05) is 5.75 Å². The third-order valence-corrected chi connectivity index (χ3v) is 6.21. The Morgan fingerprint density at radius 3 is 2.48 bits per heavy atom. The highest BCUT2D eigenvalue weighted by atomic mass is 35.5. The summed E-state index contributed by atoms with van der Waals surface area (Å²) in [6, 6.07) is 14.8. The van der Waals surface area contributed by atoms with Crippen LogP contribution in [0.25, 0.3) is 5.69 Å². The molecular formula is C21H18Cl3N3OS. The van der Waals surface area contributed by atoms with Crippen molar-refractivity contribution < 1.29 is 4.79 Å². The zero-order valence-electron chi connectivity index (χ0n) is 15.7. The molecule has 150 valence electrons. The molecule has 3 aromatic rings. The molecule has 0 saturated heterocycles. The Labute approximate surface area is 188 Å². The van der Waals surface area contributed by atoms with E-state index in [1.54, 1.807) is 24.4 Å². The Kier molecular flexibility index (Phi) is 7.30. The van der Waals surface area contributed by atoms with E-state index < -0.39 is 0 Å². The van der Waals surface area contributed by atoms with Gasteiger partial charge in [-0.15, -0.1) is 11.8 Å². The van der Waals surface area contributed by atoms with Crippen LogP contribution in [0.2, 0.25) is 15.1 Å². The van der Waals surface area contributed by atoms with Crippen LogP contribution in [-0.2, 0) is 4.79 Å². The number of nitrogens with one attached hydrogen (secondary N) is 1. The van der Waals surface area contributed by atoms with Crippen molar-refractivity contribution in [1.82, 2.24) is 9.99 Å². The summed E-state index contributed by atoms with van der Waals surface area (Å²) in [7, 11) is 0. The molecule has 0 unspecified atom stereocenters. The number of aromatic nitrogens is 1. The van der Waals surface area contributed by atoms with E-state index in [1.807, 2.05) is 44.2 Å². The first-order valence-corrected chi connectivity index (χ1v) is 10.8. The number of carbonyl (C=O) groups excluding carboxylic acids is 1. The Hall–Kier alpha value is -1.92. The highest BCUT2D eigenvalue weighted by molar-refractivity contribution is 8.00. The lowest BCUT2D eigenvalue weighted by Gasteiger charge is -2.10. The monoisotopic (exact) mass is 465 g/mol. The fourth-order valence-electron chi connectivity index (χ4n) is 2.83. The van der Waals surface area contributed by atoms with Crippen LogP contribution in [0.1, 0.15) is 17.0 Å². The summed E-state index contributed by atoms with van der Waals surface area (Å²) >= 11 is 19.4. The van der Waals surface area contributed by atoms with Gasteiger partial charge in [0.15, 0.2) is 0 Å². The molecule has 0 bridgehead atoms. The Bertz CT molecular complexity index is 1060. The summed E-state index contributed by atoms with van der Waals surface area (Å²) in [5.74, 6) is 0.0841. The van der Waals surface area contributed by atoms with Crippen molar-refractivity contribution in [1.29, 1.82) is 0 Å². The molecule has 0 atom stereocenters. The van der Waals surface area contributed by atoms with Crippen LogP contribution < -0.4 is 5.43 Å². The number of hydrogen-bond acceptors (Lipinski definition) is 3. The third-order valence-electron chi connectivity index (χ3n) is 4.21. The minimum Gasteiger partial charge on any atom is -0.318 e. The van der Waals surface area contributed by atoms with Crippen LogP contribution in [0.15, 0.2) is 58.5 Å². The number of halogens is 3. The third kappa shape index (κ3) is 5.58. The Morgan fingerprint density at radius 2 is 1.79 bits per heavy atom. The molecule has 0 aliphatic carbocycles. The lowest BCUT2D eigenvalue weighted by molar-refractivity contribution is -0.118. The predicted molar refractivity (Wildman–Crippen MR) is 123 cm³/mol. The smallest absolute Gasteiger partial charge is 0.250 e. The predicted octanol–water partition coefficient (Wildman–Crippen LogP) is 6.30. The SMILES string of the molecule is Cc1cc(/C=N\NC(=O)CSc2ccc(Cl)cc2)c(C)n1-c1ccc(Cl)c(Cl)c1. The van der Waals surface area contributed by atoms with Crippen molar-refractivity contribution in [2.45, 2.75) is 18.7 Å². The van der Waals surface area contributed by atoms with Crippen LogP contribution in [0.3, 0.4) is 0 Å². The van der Waals surface area contributed by atoms with Gasteiger partial charge in [-0.05, 0) is 62.4 Å². The number of carbonyl (C=O) groups is 1. The number of hydrazone groups is 1. The maximum absolute atomic E-state index is 12.0. The number of hydrogen-bond donors (Lipinski definition) is 1. The van der Waals surface area contributed by atoms with E-state index in [9.17, 15) is 4.79 Å². The van der Waals surface area contributed by atoms with Crippen LogP contribution in [0.5, 0.6) is 0 Å². The average Bonchev–Trinajstić information content (AvgIpc) is 2.97. The summed E-state index contributed by atoms with van der Waals surface area (Å²) < 4.78 is 2.06. The highest BCUT2D eigenvalue weighted by Gasteiger charge is 2.11. The Balaban J connectivity index is 1.64. The van der Waals surface area contributed by atoms with Gasteiger partial charge in [0.05, 0.1) is 22.0 Å². The fourth-order valence-corrected chi connectivity index (χ4v) is 3.93. The first kappa shape index (κ1) is 21.8. The zero-order chi connectivity index (χ0) is 21.0. The van der Waals surface area contributed by atoms with Crippen LogP contribution in [-0.4, -0.2) is 22.4 Å². The van der Waals surface area contributed by atoms with Crippen LogP contribution in [0.4, 0.5) is 0 Å². The zero-order valence-corrected chi connectivity index (χ0v) is 18.8. The van der Waals surface area contributed by atoms with E-state index in [1.165, 1.54) is 11.8 Å². The summed E-state index contributed by atoms with van der Waals surface area (Å²) in [5.41, 5.74) is 6.38. The van der Waals surface area contributed by atoms with Crippen LogP contribution in [0, 0.1) is 13.8 Å². The summed E-state index contributed by atoms with van der Waals surface area (Å²) in [6.45, 7) is 3.98. The van der Waals surface area contributed by atoms with Gasteiger partial charge in [0.25, 0.3) is 0 Å². The van der Waals surface area contributed by atoms with Gasteiger partial charge in [-0.3, -0.25) is 4.79 Å². The quantitative estimate of drug-likeness (QED) is 0.263. The lowest BCUT2D eigenvalue weighted by atomic mass is 10.2. The van der Waals surface area contributed by atoms with Crippen molar-refractivity contribution in [3.63, 3.8) is 0 Å². The topological polar surface area (TPSA) is 46.4 Å². The average molecular weight is 467 g/mol. The molecular weight excluding hydrogens is 449 g/mol. The first-order chi connectivity index (χ1) is 13.8. The minimum atomic E-state index is -0.181. The van der Waals surface area contributed by atoms with Gasteiger partial charge in [-0.25, -0.2) is 5.43 Å². The summed E-state index contributed by atoms with van der Waals surface area (Å²) in [5, 5.41) is 5.77. The van der Waals surface area contributed by atoms with E-state index in [0.29, 0.717) is 15.1 Å². The van der Waals surface area contributed by atoms with Crippen molar-refractivity contribution in [3.8, 4) is 5.69 Å². The second-order valence-electron chi connectivity index (χ2n) is 6.30. The molecule has 3 rings (SSSR count). The number of thioether (sulfide) groups is 1. The second-order valence-corrected chi connectivity index (χ2v) is 8.60. The standard InChI is InChI=1S/C21H18Cl3N3OS/c1-13-9-15(14(2)27(13)17-5-8-19(23)20(24)10-17)11-25-26-21(28)12-29-18-6-3-16(22)4-7-18/h3-11H,12H2,1-2H3,(H,26,28)/b25-11-. The van der Waals surface area contributed by atoms with E-state index in [0.717, 1.165) is 27.5 Å². The van der Waals surface area contributed by atoms with Crippen molar-refractivity contribution in [3.05, 3.63) is 80.6 Å². The Morgan fingerprint density at radius 1 is 1.07 bits per heavy atom. The highest BCUT2D eigenvalue weighted by Crippen LogP contribution is 2.27. The number of nitrogens with zero attached hydrogens (tertiary/aromatic N) is 2. The van der Waals surface area contributed by atoms with Crippen molar-refractivity contribution in [2.24, 2.45) is 5.10 Å². The van der Waals surface area contributed by atoms with E-state index >= 15 is 0 Å². The second kappa shape index (κ2) is 9.72. The summed E-state index contributed by atoms with van der Waals surface area (Å²) in [6.07, 6.45) is 1.64. The molecule has 0 fully saturated rings. The van der Waals surface area contributed by atoms with Crippen LogP contribution >= 0.6 is 46.6 Å². The number of amides is 1. The molecule has 1 amide bonds. The van der Waals surface area contributed by atoms with Crippen molar-refractivity contribution >= 4 is 58.7 Å². The van der Waals surface area contributed by atoms with Gasteiger partial charge in [0.2, 0.25) is 5.91 Å². The largest absolute Gasteiger partial charge is 0.318 e. The number of benzene rings is 2. The van der Waals surface area contributed by atoms with Gasteiger partial charge in [0, 0.05) is 32.6 Å². The number of aryl methyl sites for hydroxylation is 1. The molecule has 8 heteroatoms. The molecule has 1 aromatic heterocycles. The molecule has 0 aliphatic rings. The molecule has 4 nitrogen and oxygen atoms in total. The molecule has 2 aromatic carbocycles. The van der Waals surface area contributed by atoms with E-state index in [4.69, 9.17) is 34.8 Å². The first-order valence-electron chi connectivity index (χ1n) is 8.70. The van der Waals surface area contributed by atoms with Gasteiger partial charge in [-0.2, -0.15) is 5.10 Å². The van der Waals surface area contributed by atoms with Gasteiger partial charge < -0.3 is 4.57 Å². The lowest BCUT2D eigenvalue weighted by Crippen LogP contribution is -2.19. The molecule has 0 radical (unpaired) electrons. The fraction of sp³-hybridized carbons (Fsp3) is 0.143. The molecule has 1 heterocycles. The maximum atomic E-state index is 12.0. The molecule has 29 heavy (non-hydrogen) atoms. The molecule has 0 saturated carbocycles. The minimum absolute atomic E-state index is 0.181. The van der Waals surface area contributed by atoms with E-state index in [2.05, 4.69) is 15.1 Å². The molecule has 0 spiro atoms.